The van der Waals surface area contributed by atoms with E-state index in [0.29, 0.717) is 18.5 Å². The Balaban J connectivity index is 0.00000243. The summed E-state index contributed by atoms with van der Waals surface area (Å²) in [6.07, 6.45) is 6.89. The van der Waals surface area contributed by atoms with E-state index in [1.165, 1.54) is 45.2 Å². The molecule has 1 aliphatic carbocycles. The lowest BCUT2D eigenvalue weighted by atomic mass is 10.1. The van der Waals surface area contributed by atoms with E-state index < -0.39 is 0 Å². The van der Waals surface area contributed by atoms with Crippen molar-refractivity contribution < 1.29 is 4.52 Å². The van der Waals surface area contributed by atoms with Gasteiger partial charge in [0, 0.05) is 38.8 Å². The quantitative estimate of drug-likeness (QED) is 0.376. The lowest BCUT2D eigenvalue weighted by molar-refractivity contribution is 0.275. The Morgan fingerprint density at radius 2 is 2.12 bits per heavy atom. The van der Waals surface area contributed by atoms with Gasteiger partial charge in [0.1, 0.15) is 0 Å². The molecule has 0 amide bonds. The maximum Gasteiger partial charge on any atom is 0.191 e. The molecule has 1 atom stereocenters. The summed E-state index contributed by atoms with van der Waals surface area (Å²) in [5, 5.41) is 11.0. The van der Waals surface area contributed by atoms with Crippen LogP contribution in [0.5, 0.6) is 0 Å². The minimum atomic E-state index is 0. The van der Waals surface area contributed by atoms with Crippen LogP contribution in [0.4, 0.5) is 0 Å². The van der Waals surface area contributed by atoms with Crippen LogP contribution >= 0.6 is 24.0 Å². The van der Waals surface area contributed by atoms with Crippen LogP contribution in [0.25, 0.3) is 0 Å². The highest BCUT2D eigenvalue weighted by Gasteiger charge is 2.26. The molecular formula is C19H34IN5O. The predicted molar refractivity (Wildman–Crippen MR) is 116 cm³/mol. The molecule has 7 heteroatoms. The van der Waals surface area contributed by atoms with Gasteiger partial charge in [0.2, 0.25) is 0 Å². The molecule has 2 heterocycles. The first kappa shape index (κ1) is 21.5. The third-order valence-electron chi connectivity index (χ3n) is 5.43. The molecule has 1 saturated heterocycles. The third-order valence-corrected chi connectivity index (χ3v) is 5.43. The smallest absolute Gasteiger partial charge is 0.191 e. The Morgan fingerprint density at radius 3 is 2.77 bits per heavy atom. The Bertz CT molecular complexity index is 568. The standard InChI is InChI=1S/C19H33N5O.HI/c1-14(2)18-10-17(25-23-18)11-21-19(20-3)22-16-8-9-24(13-16)12-15-6-4-5-7-15;/h10,14-16H,4-9,11-13H2,1-3H3,(H2,20,21,22);1H. The number of aliphatic imine (C=N–C) groups is 1. The Labute approximate surface area is 174 Å². The van der Waals surface area contributed by atoms with E-state index in [0.717, 1.165) is 29.9 Å². The van der Waals surface area contributed by atoms with Gasteiger partial charge in [-0.05, 0) is 31.1 Å². The van der Waals surface area contributed by atoms with Crippen molar-refractivity contribution in [1.82, 2.24) is 20.7 Å². The summed E-state index contributed by atoms with van der Waals surface area (Å²) in [5.74, 6) is 3.01. The topological polar surface area (TPSA) is 65.7 Å². The summed E-state index contributed by atoms with van der Waals surface area (Å²) < 4.78 is 5.38. The molecule has 1 saturated carbocycles. The van der Waals surface area contributed by atoms with E-state index >= 15 is 0 Å². The van der Waals surface area contributed by atoms with Crippen molar-refractivity contribution >= 4 is 29.9 Å². The van der Waals surface area contributed by atoms with Crippen molar-refractivity contribution in [2.24, 2.45) is 10.9 Å². The van der Waals surface area contributed by atoms with Gasteiger partial charge < -0.3 is 20.1 Å². The van der Waals surface area contributed by atoms with Gasteiger partial charge in [-0.2, -0.15) is 0 Å². The zero-order valence-corrected chi connectivity index (χ0v) is 18.7. The molecule has 0 radical (unpaired) electrons. The molecule has 0 aromatic carbocycles. The second-order valence-electron chi connectivity index (χ2n) is 7.84. The summed E-state index contributed by atoms with van der Waals surface area (Å²) in [7, 11) is 1.82. The zero-order valence-electron chi connectivity index (χ0n) is 16.3. The zero-order chi connectivity index (χ0) is 17.6. The number of aromatic nitrogens is 1. The summed E-state index contributed by atoms with van der Waals surface area (Å²) >= 11 is 0. The van der Waals surface area contributed by atoms with Crippen molar-refractivity contribution in [2.45, 2.75) is 64.5 Å². The van der Waals surface area contributed by atoms with E-state index in [4.69, 9.17) is 4.52 Å². The minimum Gasteiger partial charge on any atom is -0.359 e. The second-order valence-corrected chi connectivity index (χ2v) is 7.84. The molecule has 0 spiro atoms. The molecule has 6 nitrogen and oxygen atoms in total. The summed E-state index contributed by atoms with van der Waals surface area (Å²) in [5.41, 5.74) is 0.998. The van der Waals surface area contributed by atoms with Crippen LogP contribution in [0.1, 0.15) is 63.3 Å². The molecule has 3 rings (SSSR count). The van der Waals surface area contributed by atoms with E-state index in [-0.39, 0.29) is 24.0 Å². The summed E-state index contributed by atoms with van der Waals surface area (Å²) in [6, 6.07) is 2.50. The monoisotopic (exact) mass is 475 g/mol. The number of hydrogen-bond donors (Lipinski definition) is 2. The maximum absolute atomic E-state index is 5.38. The molecule has 0 bridgehead atoms. The predicted octanol–water partition coefficient (Wildman–Crippen LogP) is 3.35. The van der Waals surface area contributed by atoms with Gasteiger partial charge >= 0.3 is 0 Å². The highest BCUT2D eigenvalue weighted by molar-refractivity contribution is 14.0. The molecule has 1 unspecified atom stereocenters. The number of hydrogen-bond acceptors (Lipinski definition) is 4. The number of nitrogens with zero attached hydrogens (tertiary/aromatic N) is 3. The highest BCUT2D eigenvalue weighted by atomic mass is 127. The van der Waals surface area contributed by atoms with E-state index in [1.807, 2.05) is 13.1 Å². The molecule has 1 aromatic rings. The second kappa shape index (κ2) is 10.5. The lowest BCUT2D eigenvalue weighted by Gasteiger charge is -2.21. The SMILES string of the molecule is CN=C(NCc1cc(C(C)C)no1)NC1CCN(CC2CCCC2)C1.I. The first-order chi connectivity index (χ1) is 12.1. The van der Waals surface area contributed by atoms with Crippen molar-refractivity contribution in [2.75, 3.05) is 26.7 Å². The third kappa shape index (κ3) is 6.11. The Hall–Kier alpha value is -0.830. The molecule has 1 aliphatic heterocycles. The highest BCUT2D eigenvalue weighted by Crippen LogP contribution is 2.26. The van der Waals surface area contributed by atoms with Crippen LogP contribution in [0.2, 0.25) is 0 Å². The van der Waals surface area contributed by atoms with Crippen molar-refractivity contribution in [3.05, 3.63) is 17.5 Å². The van der Waals surface area contributed by atoms with Crippen molar-refractivity contribution in [1.29, 1.82) is 0 Å². The van der Waals surface area contributed by atoms with Gasteiger partial charge in [0.25, 0.3) is 0 Å². The summed E-state index contributed by atoms with van der Waals surface area (Å²) in [4.78, 5) is 6.97. The van der Waals surface area contributed by atoms with Crippen LogP contribution in [0.15, 0.2) is 15.6 Å². The number of rotatable bonds is 6. The average molecular weight is 475 g/mol. The van der Waals surface area contributed by atoms with E-state index in [1.54, 1.807) is 0 Å². The summed E-state index contributed by atoms with van der Waals surface area (Å²) in [6.45, 7) is 8.44. The maximum atomic E-state index is 5.38. The van der Waals surface area contributed by atoms with Crippen LogP contribution in [0.3, 0.4) is 0 Å². The number of likely N-dealkylation sites (tertiary alicyclic amines) is 1. The fourth-order valence-corrected chi connectivity index (χ4v) is 3.92. The Morgan fingerprint density at radius 1 is 1.35 bits per heavy atom. The van der Waals surface area contributed by atoms with Crippen LogP contribution in [0, 0.1) is 5.92 Å². The van der Waals surface area contributed by atoms with Crippen LogP contribution < -0.4 is 10.6 Å². The van der Waals surface area contributed by atoms with Crippen LogP contribution in [-0.4, -0.2) is 48.7 Å². The van der Waals surface area contributed by atoms with E-state index in [2.05, 4.69) is 39.5 Å². The van der Waals surface area contributed by atoms with Gasteiger partial charge in [0.05, 0.1) is 12.2 Å². The number of halogens is 1. The van der Waals surface area contributed by atoms with Gasteiger partial charge in [-0.25, -0.2) is 0 Å². The van der Waals surface area contributed by atoms with Gasteiger partial charge in [0.15, 0.2) is 11.7 Å². The average Bonchev–Trinajstić information content (AvgIpc) is 3.34. The molecule has 2 N–H and O–H groups in total. The normalized spacial score (nSPS) is 22.0. The van der Waals surface area contributed by atoms with Crippen LogP contribution in [-0.2, 0) is 6.54 Å². The molecule has 2 fully saturated rings. The van der Waals surface area contributed by atoms with Gasteiger partial charge in [-0.1, -0.05) is 31.8 Å². The Kier molecular flexibility index (Phi) is 8.66. The first-order valence-corrected chi connectivity index (χ1v) is 9.79. The molecule has 1 aromatic heterocycles. The number of guanidine groups is 1. The first-order valence-electron chi connectivity index (χ1n) is 9.79. The number of nitrogens with one attached hydrogen (secondary N) is 2. The fourth-order valence-electron chi connectivity index (χ4n) is 3.92. The fraction of sp³-hybridized carbons (Fsp3) is 0.789. The van der Waals surface area contributed by atoms with Crippen molar-refractivity contribution in [3.63, 3.8) is 0 Å². The van der Waals surface area contributed by atoms with Gasteiger partial charge in [-0.15, -0.1) is 24.0 Å². The molecule has 148 valence electrons. The van der Waals surface area contributed by atoms with E-state index in [9.17, 15) is 0 Å². The molecule has 2 aliphatic rings. The largest absolute Gasteiger partial charge is 0.359 e. The van der Waals surface area contributed by atoms with Crippen molar-refractivity contribution in [3.8, 4) is 0 Å². The minimum absolute atomic E-state index is 0. The molecular weight excluding hydrogens is 441 g/mol. The van der Waals surface area contributed by atoms with Gasteiger partial charge in [-0.3, -0.25) is 4.99 Å². The molecule has 26 heavy (non-hydrogen) atoms. The lowest BCUT2D eigenvalue weighted by Crippen LogP contribution is -2.44.